The molecule has 2 nitrogen and oxygen atoms in total. The molecule has 84 valence electrons. The number of amides is 1. The van der Waals surface area contributed by atoms with E-state index in [1.54, 1.807) is 11.3 Å². The summed E-state index contributed by atoms with van der Waals surface area (Å²) in [6.45, 7) is 4.22. The molecular formula is C11H16BrNOS. The number of rotatable bonds is 5. The van der Waals surface area contributed by atoms with Crippen molar-refractivity contribution in [1.29, 1.82) is 0 Å². The maximum Gasteiger partial charge on any atom is 0.225 e. The summed E-state index contributed by atoms with van der Waals surface area (Å²) in [5, 5.41) is 5.82. The summed E-state index contributed by atoms with van der Waals surface area (Å²) in [6, 6.07) is 4.18. The molecule has 1 atom stereocenters. The molecule has 1 aromatic heterocycles. The van der Waals surface area contributed by atoms with Crippen LogP contribution < -0.4 is 5.32 Å². The van der Waals surface area contributed by atoms with Crippen LogP contribution in [0.25, 0.3) is 0 Å². The van der Waals surface area contributed by atoms with Gasteiger partial charge in [0, 0.05) is 16.2 Å². The minimum atomic E-state index is 0.107. The van der Waals surface area contributed by atoms with Crippen LogP contribution in [-0.2, 0) is 11.2 Å². The van der Waals surface area contributed by atoms with Crippen molar-refractivity contribution in [2.24, 2.45) is 5.92 Å². The molecule has 0 aliphatic heterocycles. The third-order valence-corrected chi connectivity index (χ3v) is 3.81. The molecule has 1 unspecified atom stereocenters. The second kappa shape index (κ2) is 6.28. The van der Waals surface area contributed by atoms with Crippen LogP contribution in [0.1, 0.15) is 18.7 Å². The molecule has 15 heavy (non-hydrogen) atoms. The van der Waals surface area contributed by atoms with Crippen molar-refractivity contribution in [3.63, 3.8) is 0 Å². The zero-order valence-electron chi connectivity index (χ0n) is 9.00. The lowest BCUT2D eigenvalue weighted by Gasteiger charge is -2.19. The Morgan fingerprint density at radius 3 is 2.80 bits per heavy atom. The van der Waals surface area contributed by atoms with Gasteiger partial charge in [-0.05, 0) is 17.4 Å². The summed E-state index contributed by atoms with van der Waals surface area (Å²) >= 11 is 5.03. The van der Waals surface area contributed by atoms with Gasteiger partial charge in [-0.3, -0.25) is 4.79 Å². The minimum absolute atomic E-state index is 0.107. The van der Waals surface area contributed by atoms with Crippen LogP contribution in [0.4, 0.5) is 0 Å². The number of thiophene rings is 1. The van der Waals surface area contributed by atoms with Gasteiger partial charge >= 0.3 is 0 Å². The van der Waals surface area contributed by atoms with Crippen LogP contribution in [-0.4, -0.2) is 17.3 Å². The van der Waals surface area contributed by atoms with E-state index in [4.69, 9.17) is 0 Å². The van der Waals surface area contributed by atoms with Crippen molar-refractivity contribution in [3.05, 3.63) is 22.4 Å². The van der Waals surface area contributed by atoms with Crippen LogP contribution in [0.15, 0.2) is 17.5 Å². The molecule has 0 bridgehead atoms. The first kappa shape index (κ1) is 12.7. The summed E-state index contributed by atoms with van der Waals surface area (Å²) in [5.74, 6) is 0.562. The van der Waals surface area contributed by atoms with E-state index in [1.165, 1.54) is 0 Å². The molecule has 4 heteroatoms. The number of hydrogen-bond acceptors (Lipinski definition) is 2. The maximum atomic E-state index is 11.7. The normalized spacial score (nSPS) is 12.8. The van der Waals surface area contributed by atoms with Gasteiger partial charge in [0.05, 0.1) is 6.42 Å². The molecular weight excluding hydrogens is 274 g/mol. The van der Waals surface area contributed by atoms with Gasteiger partial charge in [0.25, 0.3) is 0 Å². The Balaban J connectivity index is 2.41. The minimum Gasteiger partial charge on any atom is -0.352 e. The molecule has 0 saturated heterocycles. The van der Waals surface area contributed by atoms with Crippen LogP contribution >= 0.6 is 27.3 Å². The van der Waals surface area contributed by atoms with E-state index < -0.39 is 0 Å². The molecule has 0 aliphatic carbocycles. The van der Waals surface area contributed by atoms with Gasteiger partial charge in [-0.15, -0.1) is 11.3 Å². The summed E-state index contributed by atoms with van der Waals surface area (Å²) < 4.78 is 0. The Hall–Kier alpha value is -0.350. The topological polar surface area (TPSA) is 29.1 Å². The van der Waals surface area contributed by atoms with Crippen LogP contribution in [0, 0.1) is 5.92 Å². The van der Waals surface area contributed by atoms with Gasteiger partial charge < -0.3 is 5.32 Å². The first-order chi connectivity index (χ1) is 7.13. The highest BCUT2D eigenvalue weighted by Crippen LogP contribution is 2.10. The Bertz CT molecular complexity index is 298. The van der Waals surface area contributed by atoms with Crippen LogP contribution in [0.3, 0.4) is 0 Å². The van der Waals surface area contributed by atoms with E-state index in [9.17, 15) is 4.79 Å². The molecule has 1 N–H and O–H groups in total. The lowest BCUT2D eigenvalue weighted by atomic mass is 10.1. The fourth-order valence-electron chi connectivity index (χ4n) is 1.21. The van der Waals surface area contributed by atoms with Gasteiger partial charge in [-0.1, -0.05) is 35.8 Å². The largest absolute Gasteiger partial charge is 0.352 e. The molecule has 1 rings (SSSR count). The summed E-state index contributed by atoms with van der Waals surface area (Å²) in [7, 11) is 0. The van der Waals surface area contributed by atoms with Crippen molar-refractivity contribution in [1.82, 2.24) is 5.32 Å². The maximum absolute atomic E-state index is 11.7. The van der Waals surface area contributed by atoms with Crippen molar-refractivity contribution in [2.45, 2.75) is 26.3 Å². The van der Waals surface area contributed by atoms with E-state index in [2.05, 4.69) is 35.1 Å². The predicted octanol–water partition coefficient (Wildman–Crippen LogP) is 2.83. The Morgan fingerprint density at radius 1 is 1.60 bits per heavy atom. The van der Waals surface area contributed by atoms with Gasteiger partial charge in [0.1, 0.15) is 0 Å². The van der Waals surface area contributed by atoms with E-state index >= 15 is 0 Å². The lowest BCUT2D eigenvalue weighted by molar-refractivity contribution is -0.121. The fraction of sp³-hybridized carbons (Fsp3) is 0.545. The molecule has 0 spiro atoms. The number of hydrogen-bond donors (Lipinski definition) is 1. The average Bonchev–Trinajstić information content (AvgIpc) is 2.66. The van der Waals surface area contributed by atoms with Crippen molar-refractivity contribution < 1.29 is 4.79 Å². The van der Waals surface area contributed by atoms with Crippen molar-refractivity contribution in [3.8, 4) is 0 Å². The van der Waals surface area contributed by atoms with E-state index in [0.29, 0.717) is 12.3 Å². The standard InChI is InChI=1S/C11H16BrNOS/c1-8(2)10(7-12)13-11(14)6-9-4-3-5-15-9/h3-5,8,10H,6-7H2,1-2H3,(H,13,14). The first-order valence-corrected chi connectivity index (χ1v) is 7.01. The quantitative estimate of drug-likeness (QED) is 0.830. The highest BCUT2D eigenvalue weighted by atomic mass is 79.9. The molecule has 1 heterocycles. The number of halogens is 1. The predicted molar refractivity (Wildman–Crippen MR) is 68.6 cm³/mol. The van der Waals surface area contributed by atoms with Gasteiger partial charge in [0.15, 0.2) is 0 Å². The molecule has 1 amide bonds. The number of nitrogens with one attached hydrogen (secondary N) is 1. The molecule has 0 aliphatic rings. The third-order valence-electron chi connectivity index (χ3n) is 2.23. The average molecular weight is 290 g/mol. The van der Waals surface area contributed by atoms with Crippen LogP contribution in [0.5, 0.6) is 0 Å². The molecule has 0 radical (unpaired) electrons. The lowest BCUT2D eigenvalue weighted by Crippen LogP contribution is -2.40. The Morgan fingerprint density at radius 2 is 2.33 bits per heavy atom. The first-order valence-electron chi connectivity index (χ1n) is 5.01. The SMILES string of the molecule is CC(C)C(CBr)NC(=O)Cc1cccs1. The zero-order chi connectivity index (χ0) is 11.3. The van der Waals surface area contributed by atoms with E-state index in [0.717, 1.165) is 10.2 Å². The summed E-state index contributed by atoms with van der Waals surface area (Å²) in [4.78, 5) is 12.8. The molecule has 0 fully saturated rings. The van der Waals surface area contributed by atoms with Crippen LogP contribution in [0.2, 0.25) is 0 Å². The fourth-order valence-corrected chi connectivity index (χ4v) is 2.83. The van der Waals surface area contributed by atoms with Gasteiger partial charge in [0.2, 0.25) is 5.91 Å². The zero-order valence-corrected chi connectivity index (χ0v) is 11.4. The van der Waals surface area contributed by atoms with E-state index in [1.807, 2.05) is 17.5 Å². The number of carbonyl (C=O) groups is 1. The Kier molecular flexibility index (Phi) is 5.32. The highest BCUT2D eigenvalue weighted by molar-refractivity contribution is 9.09. The van der Waals surface area contributed by atoms with Crippen molar-refractivity contribution in [2.75, 3.05) is 5.33 Å². The highest BCUT2D eigenvalue weighted by Gasteiger charge is 2.14. The smallest absolute Gasteiger partial charge is 0.225 e. The van der Waals surface area contributed by atoms with Gasteiger partial charge in [-0.2, -0.15) is 0 Å². The van der Waals surface area contributed by atoms with E-state index in [-0.39, 0.29) is 11.9 Å². The molecule has 0 aromatic carbocycles. The second-order valence-electron chi connectivity index (χ2n) is 3.83. The summed E-state index contributed by atoms with van der Waals surface area (Å²) in [5.41, 5.74) is 0. The number of alkyl halides is 1. The Labute approximate surface area is 103 Å². The molecule has 1 aromatic rings. The number of carbonyl (C=O) groups excluding carboxylic acids is 1. The molecule has 0 saturated carbocycles. The van der Waals surface area contributed by atoms with Gasteiger partial charge in [-0.25, -0.2) is 0 Å². The monoisotopic (exact) mass is 289 g/mol. The third kappa shape index (κ3) is 4.34. The van der Waals surface area contributed by atoms with Crippen molar-refractivity contribution >= 4 is 33.2 Å². The second-order valence-corrected chi connectivity index (χ2v) is 5.51. The summed E-state index contributed by atoms with van der Waals surface area (Å²) in [6.07, 6.45) is 0.494.